The van der Waals surface area contributed by atoms with Crippen molar-refractivity contribution in [1.29, 1.82) is 0 Å². The van der Waals surface area contributed by atoms with Crippen LogP contribution >= 0.6 is 0 Å². The summed E-state index contributed by atoms with van der Waals surface area (Å²) in [5.41, 5.74) is 4.66. The van der Waals surface area contributed by atoms with Gasteiger partial charge < -0.3 is 10.1 Å². The van der Waals surface area contributed by atoms with Crippen LogP contribution in [0.3, 0.4) is 0 Å². The van der Waals surface area contributed by atoms with Crippen LogP contribution in [0.4, 0.5) is 0 Å². The molecule has 1 fully saturated rings. The van der Waals surface area contributed by atoms with E-state index < -0.39 is 10.0 Å². The minimum absolute atomic E-state index is 0.0622. The van der Waals surface area contributed by atoms with Crippen LogP contribution in [0.2, 0.25) is 0 Å². The lowest BCUT2D eigenvalue weighted by molar-refractivity contribution is -0.121. The number of fused-ring (bicyclic) bond motifs is 1. The summed E-state index contributed by atoms with van der Waals surface area (Å²) in [5, 5.41) is 3.08. The first-order valence-corrected chi connectivity index (χ1v) is 12.9. The Kier molecular flexibility index (Phi) is 6.86. The molecular weight excluding hydrogens is 424 g/mol. The third kappa shape index (κ3) is 4.84. The maximum absolute atomic E-state index is 12.9. The van der Waals surface area contributed by atoms with Crippen LogP contribution in [-0.4, -0.2) is 38.8 Å². The topological polar surface area (TPSA) is 75.7 Å². The van der Waals surface area contributed by atoms with Gasteiger partial charge in [0.1, 0.15) is 5.75 Å². The third-order valence-electron chi connectivity index (χ3n) is 6.58. The van der Waals surface area contributed by atoms with Crippen LogP contribution in [-0.2, 0) is 34.1 Å². The zero-order chi connectivity index (χ0) is 22.7. The Balaban J connectivity index is 1.41. The fourth-order valence-electron chi connectivity index (χ4n) is 4.69. The van der Waals surface area contributed by atoms with E-state index >= 15 is 0 Å². The SMILES string of the molecule is COc1ccc(S(=O)(=O)N2CCCC2)cc1CCC(=O)NC(C)c1ccc2c(c1)CCC2. The van der Waals surface area contributed by atoms with E-state index in [1.807, 2.05) is 6.92 Å². The van der Waals surface area contributed by atoms with Crippen molar-refractivity contribution < 1.29 is 17.9 Å². The molecule has 172 valence electrons. The monoisotopic (exact) mass is 456 g/mol. The van der Waals surface area contributed by atoms with Gasteiger partial charge in [-0.25, -0.2) is 8.42 Å². The summed E-state index contributed by atoms with van der Waals surface area (Å²) in [5.74, 6) is 0.540. The summed E-state index contributed by atoms with van der Waals surface area (Å²) < 4.78 is 32.8. The number of hydrogen-bond acceptors (Lipinski definition) is 4. The van der Waals surface area contributed by atoms with Crippen LogP contribution in [0.1, 0.15) is 60.9 Å². The predicted molar refractivity (Wildman–Crippen MR) is 124 cm³/mol. The number of rotatable bonds is 8. The fourth-order valence-corrected chi connectivity index (χ4v) is 6.26. The lowest BCUT2D eigenvalue weighted by Gasteiger charge is -2.18. The Morgan fingerprint density at radius 2 is 1.81 bits per heavy atom. The van der Waals surface area contributed by atoms with E-state index in [-0.39, 0.29) is 23.3 Å². The average molecular weight is 457 g/mol. The smallest absolute Gasteiger partial charge is 0.243 e. The molecule has 0 saturated carbocycles. The first-order valence-electron chi connectivity index (χ1n) is 11.5. The van der Waals surface area contributed by atoms with Gasteiger partial charge in [-0.2, -0.15) is 4.31 Å². The van der Waals surface area contributed by atoms with Crippen LogP contribution in [0, 0.1) is 0 Å². The molecule has 1 N–H and O–H groups in total. The van der Waals surface area contributed by atoms with Crippen molar-refractivity contribution >= 4 is 15.9 Å². The van der Waals surface area contributed by atoms with Crippen LogP contribution in [0.15, 0.2) is 41.3 Å². The summed E-state index contributed by atoms with van der Waals surface area (Å²) in [6, 6.07) is 11.3. The number of carbonyl (C=O) groups is 1. The summed E-state index contributed by atoms with van der Waals surface area (Å²) in [4.78, 5) is 12.9. The molecule has 2 aromatic carbocycles. The Morgan fingerprint density at radius 3 is 2.56 bits per heavy atom. The van der Waals surface area contributed by atoms with Crippen molar-refractivity contribution in [3.05, 3.63) is 58.7 Å². The van der Waals surface area contributed by atoms with Crippen LogP contribution in [0.25, 0.3) is 0 Å². The molecule has 0 aromatic heterocycles. The number of benzene rings is 2. The maximum Gasteiger partial charge on any atom is 0.243 e. The van der Waals surface area contributed by atoms with Gasteiger partial charge >= 0.3 is 0 Å². The number of hydrogen-bond donors (Lipinski definition) is 1. The summed E-state index contributed by atoms with van der Waals surface area (Å²) in [6.07, 6.45) is 5.92. The zero-order valence-corrected chi connectivity index (χ0v) is 19.7. The number of amides is 1. The minimum Gasteiger partial charge on any atom is -0.496 e. The van der Waals surface area contributed by atoms with Crippen LogP contribution < -0.4 is 10.1 Å². The Labute approximate surface area is 191 Å². The molecule has 2 aliphatic rings. The van der Waals surface area contributed by atoms with Gasteiger partial charge in [0.25, 0.3) is 0 Å². The molecule has 1 amide bonds. The van der Waals surface area contributed by atoms with Gasteiger partial charge in [0.15, 0.2) is 0 Å². The average Bonchev–Trinajstić information content (AvgIpc) is 3.49. The second kappa shape index (κ2) is 9.63. The van der Waals surface area contributed by atoms with Gasteiger partial charge in [0.2, 0.25) is 15.9 Å². The molecule has 7 heteroatoms. The summed E-state index contributed by atoms with van der Waals surface area (Å²) >= 11 is 0. The molecule has 1 aliphatic carbocycles. The van der Waals surface area contributed by atoms with E-state index in [2.05, 4.69) is 23.5 Å². The quantitative estimate of drug-likeness (QED) is 0.656. The van der Waals surface area contributed by atoms with Gasteiger partial charge in [0, 0.05) is 19.5 Å². The summed E-state index contributed by atoms with van der Waals surface area (Å²) in [6.45, 7) is 3.12. The fraction of sp³-hybridized carbons (Fsp3) is 0.480. The van der Waals surface area contributed by atoms with Gasteiger partial charge in [-0.15, -0.1) is 0 Å². The van der Waals surface area contributed by atoms with E-state index in [1.165, 1.54) is 21.9 Å². The van der Waals surface area contributed by atoms with E-state index in [0.717, 1.165) is 36.8 Å². The lowest BCUT2D eigenvalue weighted by Crippen LogP contribution is -2.28. The van der Waals surface area contributed by atoms with Gasteiger partial charge in [-0.05, 0) is 85.9 Å². The largest absolute Gasteiger partial charge is 0.496 e. The number of nitrogens with zero attached hydrogens (tertiary/aromatic N) is 1. The molecule has 1 saturated heterocycles. The maximum atomic E-state index is 12.9. The van der Waals surface area contributed by atoms with Crippen molar-refractivity contribution in [2.45, 2.75) is 62.8 Å². The highest BCUT2D eigenvalue weighted by molar-refractivity contribution is 7.89. The van der Waals surface area contributed by atoms with Crippen molar-refractivity contribution in [1.82, 2.24) is 9.62 Å². The molecule has 32 heavy (non-hydrogen) atoms. The molecule has 4 rings (SSSR count). The van der Waals surface area contributed by atoms with Crippen LogP contribution in [0.5, 0.6) is 5.75 Å². The lowest BCUT2D eigenvalue weighted by atomic mass is 10.0. The Hall–Kier alpha value is -2.38. The van der Waals surface area contributed by atoms with E-state index in [1.54, 1.807) is 25.3 Å². The molecule has 0 bridgehead atoms. The first kappa shape index (κ1) is 22.8. The Bertz CT molecular complexity index is 1090. The molecule has 1 atom stereocenters. The van der Waals surface area contributed by atoms with E-state index in [9.17, 15) is 13.2 Å². The van der Waals surface area contributed by atoms with Crippen molar-refractivity contribution in [3.8, 4) is 5.75 Å². The number of sulfonamides is 1. The van der Waals surface area contributed by atoms with Crippen molar-refractivity contribution in [2.75, 3.05) is 20.2 Å². The van der Waals surface area contributed by atoms with Gasteiger partial charge in [0.05, 0.1) is 18.0 Å². The molecule has 6 nitrogen and oxygen atoms in total. The third-order valence-corrected chi connectivity index (χ3v) is 8.47. The summed E-state index contributed by atoms with van der Waals surface area (Å²) in [7, 11) is -1.95. The van der Waals surface area contributed by atoms with Crippen molar-refractivity contribution in [3.63, 3.8) is 0 Å². The molecular formula is C25H32N2O4S. The molecule has 1 aliphatic heterocycles. The van der Waals surface area contributed by atoms with Gasteiger partial charge in [-0.1, -0.05) is 18.2 Å². The molecule has 0 radical (unpaired) electrons. The zero-order valence-electron chi connectivity index (χ0n) is 18.9. The van der Waals surface area contributed by atoms with Crippen molar-refractivity contribution in [2.24, 2.45) is 0 Å². The number of ether oxygens (including phenoxy) is 1. The first-order chi connectivity index (χ1) is 15.4. The number of methoxy groups -OCH3 is 1. The van der Waals surface area contributed by atoms with E-state index in [4.69, 9.17) is 4.74 Å². The van der Waals surface area contributed by atoms with E-state index in [0.29, 0.717) is 25.3 Å². The highest BCUT2D eigenvalue weighted by Gasteiger charge is 2.28. The Morgan fingerprint density at radius 1 is 1.06 bits per heavy atom. The standard InChI is InChI=1S/C25H32N2O4S/c1-18(20-9-8-19-6-5-7-21(19)16-20)26-25(28)13-10-22-17-23(11-12-24(22)31-2)32(29,30)27-14-3-4-15-27/h8-9,11-12,16-18H,3-7,10,13-15H2,1-2H3,(H,26,28). The number of carbonyl (C=O) groups excluding carboxylic acids is 1. The van der Waals surface area contributed by atoms with Gasteiger partial charge in [-0.3, -0.25) is 4.79 Å². The second-order valence-electron chi connectivity index (χ2n) is 8.76. The predicted octanol–water partition coefficient (Wildman–Crippen LogP) is 3.78. The highest BCUT2D eigenvalue weighted by Crippen LogP contribution is 2.28. The number of aryl methyl sites for hydroxylation is 3. The second-order valence-corrected chi connectivity index (χ2v) is 10.7. The highest BCUT2D eigenvalue weighted by atomic mass is 32.2. The molecule has 0 spiro atoms. The molecule has 1 unspecified atom stereocenters. The minimum atomic E-state index is -3.51. The normalized spacial score (nSPS) is 17.2. The molecule has 2 aromatic rings. The number of nitrogens with one attached hydrogen (secondary N) is 1. The molecule has 1 heterocycles.